The summed E-state index contributed by atoms with van der Waals surface area (Å²) in [5, 5.41) is 2.99. The Balaban J connectivity index is 2.51. The number of nitrogens with zero attached hydrogens (tertiary/aromatic N) is 1. The van der Waals surface area contributed by atoms with Gasteiger partial charge >= 0.3 is 0 Å². The highest BCUT2D eigenvalue weighted by Gasteiger charge is 2.11. The average Bonchev–Trinajstić information content (AvgIpc) is 2.56. The first kappa shape index (κ1) is 19.3. The fraction of sp³-hybridized carbons (Fsp3) is 0.611. The topological polar surface area (TPSA) is 50.8 Å². The van der Waals surface area contributed by atoms with Crippen LogP contribution in [0.25, 0.3) is 0 Å². The molecule has 0 atom stereocenters. The van der Waals surface area contributed by atoms with E-state index in [0.29, 0.717) is 24.5 Å². The second-order valence-corrected chi connectivity index (χ2v) is 5.54. The number of methoxy groups -OCH3 is 2. The lowest BCUT2D eigenvalue weighted by Gasteiger charge is -2.17. The van der Waals surface area contributed by atoms with Crippen molar-refractivity contribution in [3.8, 4) is 11.5 Å². The molecule has 0 radical (unpaired) electrons. The molecule has 0 aromatic heterocycles. The van der Waals surface area contributed by atoms with Crippen LogP contribution in [0.15, 0.2) is 12.1 Å². The van der Waals surface area contributed by atoms with E-state index in [4.69, 9.17) is 9.47 Å². The number of carbonyl (C=O) groups excluding carboxylic acids is 1. The number of rotatable bonds is 10. The second kappa shape index (κ2) is 10.1. The van der Waals surface area contributed by atoms with Crippen molar-refractivity contribution in [2.45, 2.75) is 33.6 Å². The summed E-state index contributed by atoms with van der Waals surface area (Å²) in [6.45, 7) is 10.1. The average molecular weight is 322 g/mol. The lowest BCUT2D eigenvalue weighted by Crippen LogP contribution is -2.30. The minimum Gasteiger partial charge on any atom is -0.493 e. The zero-order valence-corrected chi connectivity index (χ0v) is 15.1. The number of hydrogen-bond donors (Lipinski definition) is 1. The molecule has 0 aliphatic rings. The molecule has 130 valence electrons. The molecule has 0 fully saturated rings. The maximum atomic E-state index is 12.1. The Labute approximate surface area is 140 Å². The first-order valence-electron chi connectivity index (χ1n) is 8.26. The monoisotopic (exact) mass is 322 g/mol. The molecule has 1 N–H and O–H groups in total. The zero-order valence-electron chi connectivity index (χ0n) is 15.1. The van der Waals surface area contributed by atoms with Gasteiger partial charge in [-0.2, -0.15) is 0 Å². The van der Waals surface area contributed by atoms with Gasteiger partial charge in [-0.1, -0.05) is 13.8 Å². The Morgan fingerprint density at radius 1 is 1.13 bits per heavy atom. The van der Waals surface area contributed by atoms with E-state index in [-0.39, 0.29) is 5.91 Å². The van der Waals surface area contributed by atoms with Crippen LogP contribution in [0.5, 0.6) is 11.5 Å². The number of aryl methyl sites for hydroxylation is 1. The molecule has 23 heavy (non-hydrogen) atoms. The number of amides is 1. The van der Waals surface area contributed by atoms with Gasteiger partial charge in [0.05, 0.1) is 20.6 Å². The third kappa shape index (κ3) is 6.10. The minimum atomic E-state index is 0.0415. The Hall–Kier alpha value is -1.75. The van der Waals surface area contributed by atoms with Crippen molar-refractivity contribution in [1.82, 2.24) is 10.2 Å². The van der Waals surface area contributed by atoms with Crippen LogP contribution in [-0.4, -0.2) is 51.2 Å². The van der Waals surface area contributed by atoms with Gasteiger partial charge in [-0.05, 0) is 56.2 Å². The standard InChI is InChI=1S/C18H30N2O3/c1-6-20(7-2)10-8-9-19-18(21)13-15-12-17(23-5)16(22-4)11-14(15)3/h11-12H,6-10,13H2,1-5H3,(H,19,21). The van der Waals surface area contributed by atoms with Crippen molar-refractivity contribution < 1.29 is 14.3 Å². The van der Waals surface area contributed by atoms with Crippen LogP contribution in [0.4, 0.5) is 0 Å². The quantitative estimate of drug-likeness (QED) is 0.672. The highest BCUT2D eigenvalue weighted by atomic mass is 16.5. The Kier molecular flexibility index (Phi) is 8.48. The highest BCUT2D eigenvalue weighted by molar-refractivity contribution is 5.79. The van der Waals surface area contributed by atoms with Gasteiger partial charge < -0.3 is 19.7 Å². The molecule has 1 rings (SSSR count). The van der Waals surface area contributed by atoms with E-state index < -0.39 is 0 Å². The van der Waals surface area contributed by atoms with E-state index in [1.165, 1.54) is 0 Å². The second-order valence-electron chi connectivity index (χ2n) is 5.54. The Morgan fingerprint density at radius 3 is 2.30 bits per heavy atom. The van der Waals surface area contributed by atoms with E-state index in [1.54, 1.807) is 14.2 Å². The largest absolute Gasteiger partial charge is 0.493 e. The van der Waals surface area contributed by atoms with Crippen molar-refractivity contribution in [2.24, 2.45) is 0 Å². The smallest absolute Gasteiger partial charge is 0.224 e. The van der Waals surface area contributed by atoms with Gasteiger partial charge in [0.2, 0.25) is 5.91 Å². The molecule has 5 heteroatoms. The number of nitrogens with one attached hydrogen (secondary N) is 1. The van der Waals surface area contributed by atoms with Crippen molar-refractivity contribution in [3.63, 3.8) is 0 Å². The number of hydrogen-bond acceptors (Lipinski definition) is 4. The van der Waals surface area contributed by atoms with E-state index in [0.717, 1.165) is 37.2 Å². The van der Waals surface area contributed by atoms with E-state index in [2.05, 4.69) is 24.1 Å². The molecular weight excluding hydrogens is 292 g/mol. The molecular formula is C18H30N2O3. The normalized spacial score (nSPS) is 10.7. The summed E-state index contributed by atoms with van der Waals surface area (Å²) in [6, 6.07) is 3.78. The molecule has 0 spiro atoms. The Morgan fingerprint density at radius 2 is 1.74 bits per heavy atom. The van der Waals surface area contributed by atoms with Gasteiger partial charge in [0.1, 0.15) is 0 Å². The van der Waals surface area contributed by atoms with Gasteiger partial charge in [-0.15, -0.1) is 0 Å². The molecule has 1 aromatic rings. The summed E-state index contributed by atoms with van der Waals surface area (Å²) in [5.41, 5.74) is 1.99. The maximum absolute atomic E-state index is 12.1. The van der Waals surface area contributed by atoms with Crippen molar-refractivity contribution in [2.75, 3.05) is 40.4 Å². The molecule has 0 unspecified atom stereocenters. The summed E-state index contributed by atoms with van der Waals surface area (Å²) in [6.07, 6.45) is 1.33. The fourth-order valence-electron chi connectivity index (χ4n) is 2.52. The van der Waals surface area contributed by atoms with Crippen molar-refractivity contribution in [3.05, 3.63) is 23.3 Å². The number of benzene rings is 1. The fourth-order valence-corrected chi connectivity index (χ4v) is 2.52. The molecule has 5 nitrogen and oxygen atoms in total. The van der Waals surface area contributed by atoms with Gasteiger partial charge in [-0.25, -0.2) is 0 Å². The van der Waals surface area contributed by atoms with Crippen LogP contribution in [-0.2, 0) is 11.2 Å². The van der Waals surface area contributed by atoms with E-state index in [1.807, 2.05) is 19.1 Å². The molecule has 0 heterocycles. The van der Waals surface area contributed by atoms with E-state index in [9.17, 15) is 4.79 Å². The summed E-state index contributed by atoms with van der Waals surface area (Å²) in [4.78, 5) is 14.5. The molecule has 0 bridgehead atoms. The lowest BCUT2D eigenvalue weighted by atomic mass is 10.0. The summed E-state index contributed by atoms with van der Waals surface area (Å²) in [5.74, 6) is 1.38. The predicted molar refractivity (Wildman–Crippen MR) is 93.4 cm³/mol. The first-order valence-corrected chi connectivity index (χ1v) is 8.26. The van der Waals surface area contributed by atoms with Gasteiger partial charge in [0.15, 0.2) is 11.5 Å². The predicted octanol–water partition coefficient (Wildman–Crippen LogP) is 2.40. The first-order chi connectivity index (χ1) is 11.0. The summed E-state index contributed by atoms with van der Waals surface area (Å²) >= 11 is 0. The van der Waals surface area contributed by atoms with Crippen LogP contribution in [0.3, 0.4) is 0 Å². The number of ether oxygens (including phenoxy) is 2. The Bertz CT molecular complexity index is 499. The summed E-state index contributed by atoms with van der Waals surface area (Å²) in [7, 11) is 3.21. The molecule has 0 saturated heterocycles. The molecule has 1 aromatic carbocycles. The third-order valence-corrected chi connectivity index (χ3v) is 4.06. The van der Waals surface area contributed by atoms with Gasteiger partial charge in [-0.3, -0.25) is 4.79 Å². The molecule has 1 amide bonds. The van der Waals surface area contributed by atoms with Crippen LogP contribution in [0, 0.1) is 6.92 Å². The molecule has 0 aliphatic heterocycles. The SMILES string of the molecule is CCN(CC)CCCNC(=O)Cc1cc(OC)c(OC)cc1C. The van der Waals surface area contributed by atoms with Crippen LogP contribution >= 0.6 is 0 Å². The third-order valence-electron chi connectivity index (χ3n) is 4.06. The minimum absolute atomic E-state index is 0.0415. The zero-order chi connectivity index (χ0) is 17.2. The molecule has 0 aliphatic carbocycles. The highest BCUT2D eigenvalue weighted by Crippen LogP contribution is 2.30. The van der Waals surface area contributed by atoms with Crippen LogP contribution in [0.1, 0.15) is 31.4 Å². The number of carbonyl (C=O) groups is 1. The lowest BCUT2D eigenvalue weighted by molar-refractivity contribution is -0.120. The van der Waals surface area contributed by atoms with Crippen LogP contribution in [0.2, 0.25) is 0 Å². The maximum Gasteiger partial charge on any atom is 0.224 e. The van der Waals surface area contributed by atoms with Gasteiger partial charge in [0.25, 0.3) is 0 Å². The van der Waals surface area contributed by atoms with Gasteiger partial charge in [0, 0.05) is 6.54 Å². The summed E-state index contributed by atoms with van der Waals surface area (Å²) < 4.78 is 10.6. The van der Waals surface area contributed by atoms with Crippen LogP contribution < -0.4 is 14.8 Å². The van der Waals surface area contributed by atoms with Crippen molar-refractivity contribution in [1.29, 1.82) is 0 Å². The molecule has 0 saturated carbocycles. The van der Waals surface area contributed by atoms with Crippen molar-refractivity contribution >= 4 is 5.91 Å². The van der Waals surface area contributed by atoms with E-state index >= 15 is 0 Å².